The summed E-state index contributed by atoms with van der Waals surface area (Å²) in [5.74, 6) is 0. The van der Waals surface area contributed by atoms with Crippen molar-refractivity contribution in [1.82, 2.24) is 5.32 Å². The van der Waals surface area contributed by atoms with Gasteiger partial charge < -0.3 is 4.90 Å². The number of piperazine rings is 1. The van der Waals surface area contributed by atoms with E-state index >= 15 is 0 Å². The van der Waals surface area contributed by atoms with E-state index in [2.05, 4.69) is 48.3 Å². The molecule has 1 radical (unpaired) electrons. The van der Waals surface area contributed by atoms with Gasteiger partial charge in [0.05, 0.1) is 0 Å². The average molecular weight is 189 g/mol. The average Bonchev–Trinajstić information content (AvgIpc) is 2.20. The van der Waals surface area contributed by atoms with Crippen molar-refractivity contribution in [3.05, 3.63) is 29.8 Å². The zero-order valence-electron chi connectivity index (χ0n) is 8.90. The van der Waals surface area contributed by atoms with Crippen molar-refractivity contribution < 1.29 is 0 Å². The fourth-order valence-electron chi connectivity index (χ4n) is 1.90. The molecule has 2 rings (SSSR count). The van der Waals surface area contributed by atoms with Gasteiger partial charge in [-0.15, -0.1) is 0 Å². The maximum absolute atomic E-state index is 4.41. The minimum absolute atomic E-state index is 0.548. The summed E-state index contributed by atoms with van der Waals surface area (Å²) in [6.45, 7) is 7.36. The summed E-state index contributed by atoms with van der Waals surface area (Å²) in [5, 5.41) is 4.41. The van der Waals surface area contributed by atoms with Gasteiger partial charge in [0.25, 0.3) is 0 Å². The molecule has 1 aromatic rings. The predicted molar refractivity (Wildman–Crippen MR) is 59.9 cm³/mol. The van der Waals surface area contributed by atoms with Crippen LogP contribution >= 0.6 is 0 Å². The van der Waals surface area contributed by atoms with Crippen LogP contribution in [0.5, 0.6) is 0 Å². The molecule has 0 aliphatic carbocycles. The number of hydrogen-bond acceptors (Lipinski definition) is 1. The molecule has 0 N–H and O–H groups in total. The fraction of sp³-hybridized carbons (Fsp3) is 0.500. The first-order chi connectivity index (χ1) is 6.77. The highest BCUT2D eigenvalue weighted by Crippen LogP contribution is 2.18. The monoisotopic (exact) mass is 189 g/mol. The van der Waals surface area contributed by atoms with Gasteiger partial charge in [0.1, 0.15) is 0 Å². The van der Waals surface area contributed by atoms with Gasteiger partial charge in [-0.2, -0.15) is 0 Å². The van der Waals surface area contributed by atoms with Gasteiger partial charge in [-0.3, -0.25) is 0 Å². The highest BCUT2D eigenvalue weighted by Gasteiger charge is 2.18. The summed E-state index contributed by atoms with van der Waals surface area (Å²) in [4.78, 5) is 2.44. The normalized spacial score (nSPS) is 22.4. The molecule has 0 spiro atoms. The molecule has 0 aromatic heterocycles. The molecule has 1 heterocycles. The Morgan fingerprint density at radius 2 is 2.00 bits per heavy atom. The van der Waals surface area contributed by atoms with Crippen molar-refractivity contribution in [2.45, 2.75) is 19.9 Å². The number of benzene rings is 1. The topological polar surface area (TPSA) is 17.3 Å². The van der Waals surface area contributed by atoms with E-state index in [1.54, 1.807) is 0 Å². The first-order valence-corrected chi connectivity index (χ1v) is 5.24. The van der Waals surface area contributed by atoms with E-state index in [0.717, 1.165) is 19.6 Å². The van der Waals surface area contributed by atoms with E-state index < -0.39 is 0 Å². The lowest BCUT2D eigenvalue weighted by Crippen LogP contribution is -2.47. The maximum atomic E-state index is 4.41. The Bertz CT molecular complexity index is 292. The molecule has 2 nitrogen and oxygen atoms in total. The van der Waals surface area contributed by atoms with Crippen LogP contribution in [0.25, 0.3) is 0 Å². The van der Waals surface area contributed by atoms with Gasteiger partial charge in [0, 0.05) is 31.4 Å². The maximum Gasteiger partial charge on any atom is 0.0403 e. The van der Waals surface area contributed by atoms with Crippen molar-refractivity contribution in [3.63, 3.8) is 0 Å². The van der Waals surface area contributed by atoms with Crippen LogP contribution in [0, 0.1) is 6.92 Å². The summed E-state index contributed by atoms with van der Waals surface area (Å²) < 4.78 is 0. The Balaban J connectivity index is 2.16. The highest BCUT2D eigenvalue weighted by atomic mass is 15.2. The molecule has 1 aliphatic heterocycles. The molecular weight excluding hydrogens is 172 g/mol. The Morgan fingerprint density at radius 1 is 1.29 bits per heavy atom. The third kappa shape index (κ3) is 1.90. The fourth-order valence-corrected chi connectivity index (χ4v) is 1.90. The first kappa shape index (κ1) is 9.53. The summed E-state index contributed by atoms with van der Waals surface area (Å²) in [6, 6.07) is 9.31. The van der Waals surface area contributed by atoms with Gasteiger partial charge >= 0.3 is 0 Å². The lowest BCUT2D eigenvalue weighted by atomic mass is 10.1. The molecule has 1 aromatic carbocycles. The zero-order chi connectivity index (χ0) is 9.97. The van der Waals surface area contributed by atoms with Crippen molar-refractivity contribution in [2.75, 3.05) is 24.5 Å². The summed E-state index contributed by atoms with van der Waals surface area (Å²) >= 11 is 0. The lowest BCUT2D eigenvalue weighted by molar-refractivity contribution is 0.493. The number of rotatable bonds is 1. The van der Waals surface area contributed by atoms with Crippen LogP contribution < -0.4 is 10.2 Å². The minimum Gasteiger partial charge on any atom is -0.366 e. The third-order valence-corrected chi connectivity index (χ3v) is 2.79. The SMILES string of the molecule is Cc1ccc(N2CC[N]CC2C)cc1. The van der Waals surface area contributed by atoms with Crippen LogP contribution in [0.1, 0.15) is 12.5 Å². The lowest BCUT2D eigenvalue weighted by Gasteiger charge is -2.35. The molecular formula is C12H17N2. The second kappa shape index (κ2) is 4.01. The number of aryl methyl sites for hydroxylation is 1. The summed E-state index contributed by atoms with van der Waals surface area (Å²) in [7, 11) is 0. The number of nitrogens with zero attached hydrogens (tertiary/aromatic N) is 2. The van der Waals surface area contributed by atoms with Gasteiger partial charge in [0.2, 0.25) is 0 Å². The van der Waals surface area contributed by atoms with Gasteiger partial charge in [-0.25, -0.2) is 5.32 Å². The Hall–Kier alpha value is -1.02. The molecule has 1 atom stereocenters. The highest BCUT2D eigenvalue weighted by molar-refractivity contribution is 5.48. The van der Waals surface area contributed by atoms with Crippen LogP contribution in [0.3, 0.4) is 0 Å². The van der Waals surface area contributed by atoms with E-state index in [4.69, 9.17) is 0 Å². The first-order valence-electron chi connectivity index (χ1n) is 5.24. The molecule has 1 aliphatic rings. The molecule has 1 fully saturated rings. The van der Waals surface area contributed by atoms with Crippen LogP contribution in [-0.4, -0.2) is 25.7 Å². The molecule has 75 valence electrons. The summed E-state index contributed by atoms with van der Waals surface area (Å²) in [5.41, 5.74) is 2.65. The van der Waals surface area contributed by atoms with Crippen LogP contribution in [-0.2, 0) is 0 Å². The Labute approximate surface area is 85.9 Å². The second-order valence-corrected chi connectivity index (χ2v) is 4.01. The van der Waals surface area contributed by atoms with Gasteiger partial charge in [-0.05, 0) is 26.0 Å². The number of hydrogen-bond donors (Lipinski definition) is 0. The molecule has 2 heteroatoms. The second-order valence-electron chi connectivity index (χ2n) is 4.01. The van der Waals surface area contributed by atoms with Crippen molar-refractivity contribution in [3.8, 4) is 0 Å². The standard InChI is InChI=1S/C12H17N2/c1-10-3-5-12(6-4-10)14-8-7-13-9-11(14)2/h3-6,11H,7-9H2,1-2H3. The van der Waals surface area contributed by atoms with E-state index in [1.807, 2.05) is 0 Å². The van der Waals surface area contributed by atoms with E-state index in [9.17, 15) is 0 Å². The predicted octanol–water partition coefficient (Wildman–Crippen LogP) is 1.81. The molecule has 14 heavy (non-hydrogen) atoms. The van der Waals surface area contributed by atoms with Gasteiger partial charge in [-0.1, -0.05) is 17.7 Å². The van der Waals surface area contributed by atoms with Crippen LogP contribution in [0.4, 0.5) is 5.69 Å². The quantitative estimate of drug-likeness (QED) is 0.658. The molecule has 0 bridgehead atoms. The Kier molecular flexibility index (Phi) is 2.73. The minimum atomic E-state index is 0.548. The number of anilines is 1. The van der Waals surface area contributed by atoms with Crippen molar-refractivity contribution >= 4 is 5.69 Å². The molecule has 0 saturated carbocycles. The van der Waals surface area contributed by atoms with Crippen molar-refractivity contribution in [1.29, 1.82) is 0 Å². The molecule has 0 amide bonds. The smallest absolute Gasteiger partial charge is 0.0403 e. The van der Waals surface area contributed by atoms with Gasteiger partial charge in [0.15, 0.2) is 0 Å². The zero-order valence-corrected chi connectivity index (χ0v) is 8.90. The summed E-state index contributed by atoms with van der Waals surface area (Å²) in [6.07, 6.45) is 0. The Morgan fingerprint density at radius 3 is 2.64 bits per heavy atom. The molecule has 1 unspecified atom stereocenters. The largest absolute Gasteiger partial charge is 0.366 e. The van der Waals surface area contributed by atoms with E-state index in [-0.39, 0.29) is 0 Å². The van der Waals surface area contributed by atoms with Crippen LogP contribution in [0.15, 0.2) is 24.3 Å². The van der Waals surface area contributed by atoms with E-state index in [0.29, 0.717) is 6.04 Å². The third-order valence-electron chi connectivity index (χ3n) is 2.79. The van der Waals surface area contributed by atoms with Crippen molar-refractivity contribution in [2.24, 2.45) is 0 Å². The molecule has 1 saturated heterocycles. The van der Waals surface area contributed by atoms with E-state index in [1.165, 1.54) is 11.3 Å². The van der Waals surface area contributed by atoms with Crippen LogP contribution in [0.2, 0.25) is 0 Å².